The van der Waals surface area contributed by atoms with Crippen LogP contribution >= 0.6 is 23.2 Å². The molecule has 5 heteroatoms. The number of phenols is 1. The van der Waals surface area contributed by atoms with Gasteiger partial charge in [0.05, 0.1) is 16.7 Å². The van der Waals surface area contributed by atoms with Crippen molar-refractivity contribution in [1.29, 1.82) is 0 Å². The van der Waals surface area contributed by atoms with Crippen LogP contribution in [-0.2, 0) is 12.8 Å². The SMILES string of the molecule is CCOc1c(Oc2ccc(Cl)c(Cl)c2)cc(O)c(CC)c1CC. The Morgan fingerprint density at radius 3 is 2.22 bits per heavy atom. The summed E-state index contributed by atoms with van der Waals surface area (Å²) in [5, 5.41) is 11.2. The van der Waals surface area contributed by atoms with Gasteiger partial charge in [-0.3, -0.25) is 0 Å². The van der Waals surface area contributed by atoms with E-state index >= 15 is 0 Å². The number of halogens is 2. The molecule has 0 aliphatic rings. The number of benzene rings is 2. The topological polar surface area (TPSA) is 38.7 Å². The summed E-state index contributed by atoms with van der Waals surface area (Å²) in [6, 6.07) is 6.61. The van der Waals surface area contributed by atoms with E-state index in [1.807, 2.05) is 20.8 Å². The molecule has 0 aromatic heterocycles. The van der Waals surface area contributed by atoms with Gasteiger partial charge in [-0.25, -0.2) is 0 Å². The number of rotatable bonds is 6. The molecule has 0 aliphatic carbocycles. The van der Waals surface area contributed by atoms with Gasteiger partial charge in [0.1, 0.15) is 11.5 Å². The maximum atomic E-state index is 10.3. The second-order valence-corrected chi connectivity index (χ2v) is 5.81. The second kappa shape index (κ2) is 7.80. The molecule has 0 saturated carbocycles. The molecule has 23 heavy (non-hydrogen) atoms. The highest BCUT2D eigenvalue weighted by atomic mass is 35.5. The zero-order valence-electron chi connectivity index (χ0n) is 13.5. The third-order valence-electron chi connectivity index (χ3n) is 3.55. The second-order valence-electron chi connectivity index (χ2n) is 5.00. The fourth-order valence-electron chi connectivity index (χ4n) is 2.53. The van der Waals surface area contributed by atoms with Gasteiger partial charge in [0, 0.05) is 23.3 Å². The molecule has 0 unspecified atom stereocenters. The van der Waals surface area contributed by atoms with E-state index in [1.165, 1.54) is 0 Å². The van der Waals surface area contributed by atoms with Gasteiger partial charge in [-0.15, -0.1) is 0 Å². The molecule has 0 saturated heterocycles. The third kappa shape index (κ3) is 3.85. The molecule has 0 amide bonds. The summed E-state index contributed by atoms with van der Waals surface area (Å²) in [4.78, 5) is 0. The smallest absolute Gasteiger partial charge is 0.173 e. The van der Waals surface area contributed by atoms with Crippen molar-refractivity contribution in [3.05, 3.63) is 45.4 Å². The minimum atomic E-state index is 0.211. The molecule has 0 aliphatic heterocycles. The van der Waals surface area contributed by atoms with Gasteiger partial charge >= 0.3 is 0 Å². The van der Waals surface area contributed by atoms with Crippen LogP contribution in [0, 0.1) is 0 Å². The Bertz CT molecular complexity index is 699. The lowest BCUT2D eigenvalue weighted by Crippen LogP contribution is -2.03. The molecule has 0 heterocycles. The number of phenolic OH excluding ortho intramolecular Hbond substituents is 1. The first-order valence-corrected chi connectivity index (χ1v) is 8.40. The maximum Gasteiger partial charge on any atom is 0.173 e. The van der Waals surface area contributed by atoms with Gasteiger partial charge in [-0.1, -0.05) is 37.0 Å². The highest BCUT2D eigenvalue weighted by Gasteiger charge is 2.19. The summed E-state index contributed by atoms with van der Waals surface area (Å²) in [6.45, 7) is 6.46. The van der Waals surface area contributed by atoms with Crippen LogP contribution in [0.3, 0.4) is 0 Å². The lowest BCUT2D eigenvalue weighted by atomic mass is 10.00. The van der Waals surface area contributed by atoms with Gasteiger partial charge in [0.25, 0.3) is 0 Å². The van der Waals surface area contributed by atoms with Crippen LogP contribution in [0.5, 0.6) is 23.0 Å². The van der Waals surface area contributed by atoms with Crippen molar-refractivity contribution < 1.29 is 14.6 Å². The molecule has 124 valence electrons. The van der Waals surface area contributed by atoms with Crippen LogP contribution in [0.4, 0.5) is 0 Å². The van der Waals surface area contributed by atoms with Crippen LogP contribution in [0.1, 0.15) is 31.9 Å². The standard InChI is InChI=1S/C18H20Cl2O3/c1-4-12-13(5-2)18(22-6-3)17(10-16(12)21)23-11-7-8-14(19)15(20)9-11/h7-10,21H,4-6H2,1-3H3. The lowest BCUT2D eigenvalue weighted by Gasteiger charge is -2.19. The number of aromatic hydroxyl groups is 1. The first kappa shape index (κ1) is 17.8. The molecule has 1 N–H and O–H groups in total. The highest BCUT2D eigenvalue weighted by Crippen LogP contribution is 2.42. The van der Waals surface area contributed by atoms with Gasteiger partial charge in [-0.05, 0) is 31.9 Å². The van der Waals surface area contributed by atoms with E-state index in [0.29, 0.717) is 33.9 Å². The molecule has 2 aromatic carbocycles. The summed E-state index contributed by atoms with van der Waals surface area (Å²) < 4.78 is 11.7. The van der Waals surface area contributed by atoms with Crippen molar-refractivity contribution in [1.82, 2.24) is 0 Å². The molecule has 3 nitrogen and oxygen atoms in total. The number of hydrogen-bond donors (Lipinski definition) is 1. The average molecular weight is 355 g/mol. The molecular formula is C18H20Cl2O3. The third-order valence-corrected chi connectivity index (χ3v) is 4.29. The van der Waals surface area contributed by atoms with Crippen molar-refractivity contribution >= 4 is 23.2 Å². The van der Waals surface area contributed by atoms with Crippen LogP contribution < -0.4 is 9.47 Å². The van der Waals surface area contributed by atoms with E-state index in [9.17, 15) is 5.11 Å². The van der Waals surface area contributed by atoms with Crippen molar-refractivity contribution in [3.8, 4) is 23.0 Å². The largest absolute Gasteiger partial charge is 0.508 e. The van der Waals surface area contributed by atoms with E-state index in [0.717, 1.165) is 24.0 Å². The molecule has 0 radical (unpaired) electrons. The lowest BCUT2D eigenvalue weighted by molar-refractivity contribution is 0.315. The summed E-state index contributed by atoms with van der Waals surface area (Å²) in [5.41, 5.74) is 1.85. The minimum absolute atomic E-state index is 0.211. The first-order valence-electron chi connectivity index (χ1n) is 7.65. The van der Waals surface area contributed by atoms with Crippen LogP contribution in [0.15, 0.2) is 24.3 Å². The molecule has 0 atom stereocenters. The maximum absolute atomic E-state index is 10.3. The van der Waals surface area contributed by atoms with Crippen molar-refractivity contribution in [2.45, 2.75) is 33.6 Å². The first-order chi connectivity index (χ1) is 11.0. The Labute approximate surface area is 146 Å². The summed E-state index contributed by atoms with van der Waals surface area (Å²) in [6.07, 6.45) is 1.47. The van der Waals surface area contributed by atoms with E-state index in [2.05, 4.69) is 0 Å². The summed E-state index contributed by atoms with van der Waals surface area (Å²) in [5.74, 6) is 1.88. The van der Waals surface area contributed by atoms with Crippen LogP contribution in [-0.4, -0.2) is 11.7 Å². The Kier molecular flexibility index (Phi) is 6.03. The zero-order valence-corrected chi connectivity index (χ0v) is 15.0. The molecule has 0 bridgehead atoms. The number of ether oxygens (including phenoxy) is 2. The van der Waals surface area contributed by atoms with Crippen molar-refractivity contribution in [3.63, 3.8) is 0 Å². The fourth-order valence-corrected chi connectivity index (χ4v) is 2.82. The quantitative estimate of drug-likeness (QED) is 0.689. The zero-order chi connectivity index (χ0) is 17.0. The van der Waals surface area contributed by atoms with E-state index in [4.69, 9.17) is 32.7 Å². The molecular weight excluding hydrogens is 335 g/mol. The predicted molar refractivity (Wildman–Crippen MR) is 94.6 cm³/mol. The Morgan fingerprint density at radius 2 is 1.65 bits per heavy atom. The summed E-state index contributed by atoms with van der Waals surface area (Å²) in [7, 11) is 0. The van der Waals surface area contributed by atoms with Gasteiger partial charge in [0.15, 0.2) is 11.5 Å². The van der Waals surface area contributed by atoms with Gasteiger partial charge < -0.3 is 14.6 Å². The van der Waals surface area contributed by atoms with Crippen molar-refractivity contribution in [2.75, 3.05) is 6.61 Å². The molecule has 2 rings (SSSR count). The van der Waals surface area contributed by atoms with E-state index in [1.54, 1.807) is 24.3 Å². The van der Waals surface area contributed by atoms with Crippen LogP contribution in [0.2, 0.25) is 10.0 Å². The normalized spacial score (nSPS) is 10.7. The van der Waals surface area contributed by atoms with Crippen molar-refractivity contribution in [2.24, 2.45) is 0 Å². The van der Waals surface area contributed by atoms with Gasteiger partial charge in [-0.2, -0.15) is 0 Å². The average Bonchev–Trinajstić information content (AvgIpc) is 2.53. The predicted octanol–water partition coefficient (Wildman–Crippen LogP) is 6.01. The monoisotopic (exact) mass is 354 g/mol. The molecule has 2 aromatic rings. The molecule has 0 spiro atoms. The Hall–Kier alpha value is -1.58. The Balaban J connectivity index is 2.51. The Morgan fingerprint density at radius 1 is 0.957 bits per heavy atom. The fraction of sp³-hybridized carbons (Fsp3) is 0.333. The summed E-state index contributed by atoms with van der Waals surface area (Å²) >= 11 is 12.0. The van der Waals surface area contributed by atoms with E-state index in [-0.39, 0.29) is 5.75 Å². The molecule has 0 fully saturated rings. The van der Waals surface area contributed by atoms with E-state index < -0.39 is 0 Å². The number of hydrogen-bond acceptors (Lipinski definition) is 3. The highest BCUT2D eigenvalue weighted by molar-refractivity contribution is 6.42. The van der Waals surface area contributed by atoms with Gasteiger partial charge in [0.2, 0.25) is 0 Å². The minimum Gasteiger partial charge on any atom is -0.508 e. The van der Waals surface area contributed by atoms with Crippen LogP contribution in [0.25, 0.3) is 0 Å².